The minimum atomic E-state index is -3.62. The van der Waals surface area contributed by atoms with E-state index in [1.165, 1.54) is 8.99 Å². The maximum absolute atomic E-state index is 12.7. The molecule has 0 bridgehead atoms. The van der Waals surface area contributed by atoms with Gasteiger partial charge >= 0.3 is 0 Å². The normalized spacial score (nSPS) is 25.7. The van der Waals surface area contributed by atoms with Crippen LogP contribution in [0.5, 0.6) is 0 Å². The minimum Gasteiger partial charge on any atom is -0.329 e. The third-order valence-corrected chi connectivity index (χ3v) is 6.33. The second-order valence-electron chi connectivity index (χ2n) is 4.94. The van der Waals surface area contributed by atoms with Crippen LogP contribution in [0, 0.1) is 5.92 Å². The van der Waals surface area contributed by atoms with Crippen LogP contribution in [0.1, 0.15) is 19.8 Å². The molecular weight excluding hydrogens is 334 g/mol. The first-order valence-electron chi connectivity index (χ1n) is 6.15. The molecule has 2 N–H and O–H groups in total. The molecule has 7 nitrogen and oxygen atoms in total. The summed E-state index contributed by atoms with van der Waals surface area (Å²) in [4.78, 5) is 0. The van der Waals surface area contributed by atoms with Gasteiger partial charge in [-0.3, -0.25) is 0 Å². The molecule has 0 aliphatic carbocycles. The number of nitrogens with two attached hydrogens (primary N) is 1. The van der Waals surface area contributed by atoms with Crippen molar-refractivity contribution in [2.75, 3.05) is 13.1 Å². The Morgan fingerprint density at radius 1 is 1.53 bits per heavy atom. The summed E-state index contributed by atoms with van der Waals surface area (Å²) in [6.45, 7) is 2.93. The van der Waals surface area contributed by atoms with Gasteiger partial charge in [0.25, 0.3) is 10.0 Å². The number of hydrogen-bond acceptors (Lipinski definition) is 5. The zero-order chi connectivity index (χ0) is 14.2. The Kier molecular flexibility index (Phi) is 4.29. The number of rotatable bonds is 3. The molecule has 19 heavy (non-hydrogen) atoms. The highest BCUT2D eigenvalue weighted by atomic mass is 79.9. The predicted molar refractivity (Wildman–Crippen MR) is 73.8 cm³/mol. The largest absolute Gasteiger partial charge is 0.329 e. The van der Waals surface area contributed by atoms with Crippen molar-refractivity contribution < 1.29 is 8.42 Å². The van der Waals surface area contributed by atoms with Crippen LogP contribution >= 0.6 is 15.9 Å². The van der Waals surface area contributed by atoms with Gasteiger partial charge in [0.1, 0.15) is 0 Å². The fourth-order valence-corrected chi connectivity index (χ4v) is 5.17. The maximum atomic E-state index is 12.7. The summed E-state index contributed by atoms with van der Waals surface area (Å²) in [5.41, 5.74) is 5.73. The molecule has 1 aliphatic rings. The average Bonchev–Trinajstić information content (AvgIpc) is 2.68. The van der Waals surface area contributed by atoms with Crippen molar-refractivity contribution in [3.05, 3.63) is 4.60 Å². The number of aryl methyl sites for hydroxylation is 1. The molecule has 1 aromatic rings. The molecule has 2 heterocycles. The summed E-state index contributed by atoms with van der Waals surface area (Å²) < 4.78 is 28.4. The molecule has 1 saturated heterocycles. The Labute approximate surface area is 121 Å². The van der Waals surface area contributed by atoms with Gasteiger partial charge in [-0.25, -0.2) is 13.1 Å². The number of hydrogen-bond donors (Lipinski definition) is 1. The average molecular weight is 352 g/mol. The van der Waals surface area contributed by atoms with E-state index in [4.69, 9.17) is 5.73 Å². The molecule has 0 radical (unpaired) electrons. The number of piperidine rings is 1. The summed E-state index contributed by atoms with van der Waals surface area (Å²) in [5.74, 6) is 0.494. The molecule has 0 aromatic carbocycles. The third-order valence-electron chi connectivity index (χ3n) is 3.49. The van der Waals surface area contributed by atoms with Crippen LogP contribution in [0.25, 0.3) is 0 Å². The van der Waals surface area contributed by atoms with E-state index in [0.717, 1.165) is 12.8 Å². The summed E-state index contributed by atoms with van der Waals surface area (Å²) >= 11 is 3.14. The van der Waals surface area contributed by atoms with Crippen molar-refractivity contribution in [2.24, 2.45) is 18.7 Å². The van der Waals surface area contributed by atoms with Gasteiger partial charge in [-0.2, -0.15) is 4.31 Å². The fraction of sp³-hybridized carbons (Fsp3) is 0.800. The van der Waals surface area contributed by atoms with E-state index >= 15 is 0 Å². The second kappa shape index (κ2) is 5.47. The van der Waals surface area contributed by atoms with Crippen molar-refractivity contribution in [1.82, 2.24) is 19.3 Å². The van der Waals surface area contributed by atoms with Gasteiger partial charge in [-0.15, -0.1) is 5.10 Å². The molecule has 9 heteroatoms. The Bertz CT molecular complexity index is 539. The molecule has 0 saturated carbocycles. The zero-order valence-corrected chi connectivity index (χ0v) is 13.4. The van der Waals surface area contributed by atoms with Gasteiger partial charge in [0.15, 0.2) is 4.60 Å². The van der Waals surface area contributed by atoms with Crippen molar-refractivity contribution >= 4 is 26.0 Å². The Morgan fingerprint density at radius 3 is 2.74 bits per heavy atom. The summed E-state index contributed by atoms with van der Waals surface area (Å²) in [6.07, 6.45) is 1.64. The van der Waals surface area contributed by atoms with Crippen LogP contribution in [0.4, 0.5) is 0 Å². The number of halogens is 1. The van der Waals surface area contributed by atoms with Crippen LogP contribution in [-0.2, 0) is 17.1 Å². The Balaban J connectivity index is 2.39. The monoisotopic (exact) mass is 351 g/mol. The molecule has 1 aliphatic heterocycles. The van der Waals surface area contributed by atoms with Crippen LogP contribution in [0.3, 0.4) is 0 Å². The highest BCUT2D eigenvalue weighted by Crippen LogP contribution is 2.29. The number of nitrogens with zero attached hydrogens (tertiary/aromatic N) is 4. The molecule has 1 aromatic heterocycles. The van der Waals surface area contributed by atoms with Crippen molar-refractivity contribution in [2.45, 2.75) is 30.8 Å². The van der Waals surface area contributed by atoms with Crippen LogP contribution in [0.2, 0.25) is 0 Å². The first kappa shape index (κ1) is 14.9. The van der Waals surface area contributed by atoms with Gasteiger partial charge < -0.3 is 5.73 Å². The van der Waals surface area contributed by atoms with E-state index in [1.54, 1.807) is 7.05 Å². The predicted octanol–water partition coefficient (Wildman–Crippen LogP) is 0.326. The van der Waals surface area contributed by atoms with Gasteiger partial charge in [-0.1, -0.05) is 12.1 Å². The second-order valence-corrected chi connectivity index (χ2v) is 7.50. The van der Waals surface area contributed by atoms with Crippen LogP contribution < -0.4 is 5.73 Å². The van der Waals surface area contributed by atoms with E-state index < -0.39 is 10.0 Å². The van der Waals surface area contributed by atoms with E-state index in [9.17, 15) is 8.42 Å². The van der Waals surface area contributed by atoms with Crippen molar-refractivity contribution in [3.8, 4) is 0 Å². The number of aromatic nitrogens is 3. The van der Waals surface area contributed by atoms with Gasteiger partial charge in [-0.05, 0) is 34.7 Å². The molecule has 2 rings (SSSR count). The third kappa shape index (κ3) is 2.69. The zero-order valence-electron chi connectivity index (χ0n) is 11.0. The quantitative estimate of drug-likeness (QED) is 0.846. The molecule has 0 spiro atoms. The maximum Gasteiger partial charge on any atom is 0.263 e. The van der Waals surface area contributed by atoms with E-state index in [-0.39, 0.29) is 15.7 Å². The highest BCUT2D eigenvalue weighted by Gasteiger charge is 2.38. The first-order valence-corrected chi connectivity index (χ1v) is 8.38. The van der Waals surface area contributed by atoms with E-state index in [2.05, 4.69) is 33.2 Å². The SMILES string of the molecule is CC1CCN(S(=O)(=O)c2c(Br)nnn2C)C(CN)C1. The van der Waals surface area contributed by atoms with Crippen LogP contribution in [-0.4, -0.2) is 46.8 Å². The van der Waals surface area contributed by atoms with Crippen LogP contribution in [0.15, 0.2) is 9.63 Å². The Hall–Kier alpha value is -0.510. The lowest BCUT2D eigenvalue weighted by Gasteiger charge is -2.36. The molecule has 2 atom stereocenters. The summed E-state index contributed by atoms with van der Waals surface area (Å²) in [7, 11) is -2.06. The smallest absolute Gasteiger partial charge is 0.263 e. The molecule has 2 unspecified atom stereocenters. The lowest BCUT2D eigenvalue weighted by atomic mass is 9.94. The standard InChI is InChI=1S/C10H18BrN5O2S/c1-7-3-4-16(8(5-7)6-12)19(17,18)10-9(11)13-14-15(10)2/h7-8H,3-6,12H2,1-2H3. The molecule has 1 fully saturated rings. The van der Waals surface area contributed by atoms with Crippen molar-refractivity contribution in [3.63, 3.8) is 0 Å². The minimum absolute atomic E-state index is 0.0838. The molecule has 108 valence electrons. The van der Waals surface area contributed by atoms with E-state index in [1.807, 2.05) is 0 Å². The summed E-state index contributed by atoms with van der Waals surface area (Å²) in [5, 5.41) is 7.55. The summed E-state index contributed by atoms with van der Waals surface area (Å²) in [6, 6.07) is -0.157. The van der Waals surface area contributed by atoms with Gasteiger partial charge in [0.05, 0.1) is 0 Å². The lowest BCUT2D eigenvalue weighted by Crippen LogP contribution is -2.49. The van der Waals surface area contributed by atoms with E-state index in [0.29, 0.717) is 19.0 Å². The number of sulfonamides is 1. The highest BCUT2D eigenvalue weighted by molar-refractivity contribution is 9.10. The topological polar surface area (TPSA) is 94.1 Å². The first-order chi connectivity index (χ1) is 8.87. The van der Waals surface area contributed by atoms with Gasteiger partial charge in [0.2, 0.25) is 5.03 Å². The van der Waals surface area contributed by atoms with Crippen molar-refractivity contribution in [1.29, 1.82) is 0 Å². The van der Waals surface area contributed by atoms with Gasteiger partial charge in [0, 0.05) is 26.2 Å². The Morgan fingerprint density at radius 2 is 2.21 bits per heavy atom. The fourth-order valence-electron chi connectivity index (χ4n) is 2.47. The molecular formula is C10H18BrN5O2S. The molecule has 0 amide bonds. The lowest BCUT2D eigenvalue weighted by molar-refractivity contribution is 0.210.